The molecule has 0 saturated carbocycles. The highest BCUT2D eigenvalue weighted by Crippen LogP contribution is 2.30. The van der Waals surface area contributed by atoms with Crippen molar-refractivity contribution in [2.75, 3.05) is 27.3 Å². The SMILES string of the molecule is COc1cccc(OC)c1CC(=O)N1CCC(O)(C(=O)O)CC1. The van der Waals surface area contributed by atoms with Gasteiger partial charge in [-0.3, -0.25) is 4.79 Å². The third-order valence-corrected chi connectivity index (χ3v) is 4.20. The number of amides is 1. The summed E-state index contributed by atoms with van der Waals surface area (Å²) in [5.74, 6) is -0.260. The van der Waals surface area contributed by atoms with Crippen molar-refractivity contribution < 1.29 is 29.3 Å². The molecule has 1 fully saturated rings. The van der Waals surface area contributed by atoms with Gasteiger partial charge in [0, 0.05) is 31.5 Å². The fraction of sp³-hybridized carbons (Fsp3) is 0.500. The number of aliphatic carboxylic acids is 1. The smallest absolute Gasteiger partial charge is 0.335 e. The zero-order valence-electron chi connectivity index (χ0n) is 13.2. The average Bonchev–Trinajstić information content (AvgIpc) is 2.55. The highest BCUT2D eigenvalue weighted by Gasteiger charge is 2.40. The third kappa shape index (κ3) is 3.56. The molecule has 7 heteroatoms. The summed E-state index contributed by atoms with van der Waals surface area (Å²) in [6, 6.07) is 5.29. The largest absolute Gasteiger partial charge is 0.496 e. The molecule has 0 atom stereocenters. The standard InChI is InChI=1S/C16H21NO6/c1-22-12-4-3-5-13(23-2)11(12)10-14(18)17-8-6-16(21,7-9-17)15(19)20/h3-5,21H,6-10H2,1-2H3,(H,19,20). The van der Waals surface area contributed by atoms with E-state index in [2.05, 4.69) is 0 Å². The molecule has 1 aromatic carbocycles. The molecule has 2 N–H and O–H groups in total. The van der Waals surface area contributed by atoms with Gasteiger partial charge in [0.2, 0.25) is 5.91 Å². The molecule has 2 rings (SSSR count). The Morgan fingerprint density at radius 2 is 1.70 bits per heavy atom. The lowest BCUT2D eigenvalue weighted by Gasteiger charge is -2.35. The van der Waals surface area contributed by atoms with E-state index >= 15 is 0 Å². The number of rotatable bonds is 5. The number of carbonyl (C=O) groups excluding carboxylic acids is 1. The molecule has 7 nitrogen and oxygen atoms in total. The summed E-state index contributed by atoms with van der Waals surface area (Å²) in [5, 5.41) is 18.9. The van der Waals surface area contributed by atoms with Gasteiger partial charge in [0.1, 0.15) is 11.5 Å². The molecule has 1 heterocycles. The Labute approximate surface area is 134 Å². The van der Waals surface area contributed by atoms with Gasteiger partial charge in [0.25, 0.3) is 0 Å². The number of hydrogen-bond acceptors (Lipinski definition) is 5. The summed E-state index contributed by atoms with van der Waals surface area (Å²) in [5.41, 5.74) is -1.08. The van der Waals surface area contributed by atoms with Gasteiger partial charge in [-0.2, -0.15) is 0 Å². The second-order valence-corrected chi connectivity index (χ2v) is 5.54. The Morgan fingerprint density at radius 3 is 2.13 bits per heavy atom. The number of likely N-dealkylation sites (tertiary alicyclic amines) is 1. The van der Waals surface area contributed by atoms with Gasteiger partial charge < -0.3 is 24.6 Å². The first-order valence-electron chi connectivity index (χ1n) is 7.34. The first-order chi connectivity index (χ1) is 10.9. The minimum absolute atomic E-state index is 0.0249. The number of carbonyl (C=O) groups is 2. The normalized spacial score (nSPS) is 16.7. The predicted molar refractivity (Wildman–Crippen MR) is 81.6 cm³/mol. The molecule has 23 heavy (non-hydrogen) atoms. The molecule has 0 radical (unpaired) electrons. The van der Waals surface area contributed by atoms with Crippen molar-refractivity contribution in [3.05, 3.63) is 23.8 Å². The van der Waals surface area contributed by atoms with Crippen LogP contribution in [0.5, 0.6) is 11.5 Å². The van der Waals surface area contributed by atoms with Crippen LogP contribution in [-0.2, 0) is 16.0 Å². The van der Waals surface area contributed by atoms with Gasteiger partial charge in [0.15, 0.2) is 5.60 Å². The molecule has 0 aliphatic carbocycles. The first kappa shape index (κ1) is 17.1. The van der Waals surface area contributed by atoms with E-state index < -0.39 is 11.6 Å². The molecule has 1 saturated heterocycles. The van der Waals surface area contributed by atoms with Crippen LogP contribution in [0.15, 0.2) is 18.2 Å². The number of carboxylic acid groups (broad SMARTS) is 1. The lowest BCUT2D eigenvalue weighted by Crippen LogP contribution is -2.51. The minimum atomic E-state index is -1.74. The average molecular weight is 323 g/mol. The summed E-state index contributed by atoms with van der Waals surface area (Å²) in [4.78, 5) is 25.1. The second kappa shape index (κ2) is 6.87. The molecule has 0 aromatic heterocycles. The molecule has 1 aromatic rings. The number of hydrogen-bond donors (Lipinski definition) is 2. The molecule has 1 aliphatic heterocycles. The number of aliphatic hydroxyl groups is 1. The minimum Gasteiger partial charge on any atom is -0.496 e. The third-order valence-electron chi connectivity index (χ3n) is 4.20. The zero-order chi connectivity index (χ0) is 17.0. The van der Waals surface area contributed by atoms with Crippen molar-refractivity contribution in [1.29, 1.82) is 0 Å². The van der Waals surface area contributed by atoms with Crippen LogP contribution in [0.2, 0.25) is 0 Å². The van der Waals surface area contributed by atoms with Crippen LogP contribution in [0.3, 0.4) is 0 Å². The Balaban J connectivity index is 2.08. The van der Waals surface area contributed by atoms with Crippen LogP contribution in [0.25, 0.3) is 0 Å². The van der Waals surface area contributed by atoms with Crippen molar-refractivity contribution >= 4 is 11.9 Å². The number of piperidine rings is 1. The quantitative estimate of drug-likeness (QED) is 0.827. The lowest BCUT2D eigenvalue weighted by molar-refractivity contribution is -0.165. The maximum atomic E-state index is 12.5. The Hall–Kier alpha value is -2.28. The van der Waals surface area contributed by atoms with Crippen LogP contribution < -0.4 is 9.47 Å². The Morgan fingerprint density at radius 1 is 1.17 bits per heavy atom. The van der Waals surface area contributed by atoms with Gasteiger partial charge >= 0.3 is 5.97 Å². The number of nitrogens with zero attached hydrogens (tertiary/aromatic N) is 1. The molecule has 1 amide bonds. The molecule has 0 spiro atoms. The molecule has 1 aliphatic rings. The summed E-state index contributed by atoms with van der Waals surface area (Å²) >= 11 is 0. The summed E-state index contributed by atoms with van der Waals surface area (Å²) < 4.78 is 10.5. The van der Waals surface area contributed by atoms with Crippen molar-refractivity contribution in [3.63, 3.8) is 0 Å². The molecule has 0 unspecified atom stereocenters. The van der Waals surface area contributed by atoms with Crippen molar-refractivity contribution in [1.82, 2.24) is 4.90 Å². The predicted octanol–water partition coefficient (Wildman–Crippen LogP) is 0.684. The van der Waals surface area contributed by atoms with Crippen molar-refractivity contribution in [2.45, 2.75) is 24.9 Å². The molecule has 126 valence electrons. The fourth-order valence-corrected chi connectivity index (χ4v) is 2.71. The van der Waals surface area contributed by atoms with E-state index in [1.54, 1.807) is 23.1 Å². The Kier molecular flexibility index (Phi) is 5.10. The van der Waals surface area contributed by atoms with E-state index in [1.807, 2.05) is 0 Å². The van der Waals surface area contributed by atoms with Gasteiger partial charge in [-0.05, 0) is 12.1 Å². The fourth-order valence-electron chi connectivity index (χ4n) is 2.71. The van der Waals surface area contributed by atoms with E-state index in [4.69, 9.17) is 14.6 Å². The van der Waals surface area contributed by atoms with Crippen LogP contribution >= 0.6 is 0 Å². The van der Waals surface area contributed by atoms with E-state index in [0.717, 1.165) is 0 Å². The maximum Gasteiger partial charge on any atom is 0.335 e. The second-order valence-electron chi connectivity index (χ2n) is 5.54. The maximum absolute atomic E-state index is 12.5. The van der Waals surface area contributed by atoms with Gasteiger partial charge in [0.05, 0.1) is 20.6 Å². The van der Waals surface area contributed by atoms with Crippen LogP contribution in [0.4, 0.5) is 0 Å². The molecular weight excluding hydrogens is 302 g/mol. The summed E-state index contributed by atoms with van der Waals surface area (Å²) in [6.07, 6.45) is 0.146. The van der Waals surface area contributed by atoms with Gasteiger partial charge in [-0.15, -0.1) is 0 Å². The topological polar surface area (TPSA) is 96.3 Å². The van der Waals surface area contributed by atoms with Gasteiger partial charge in [-0.1, -0.05) is 6.07 Å². The van der Waals surface area contributed by atoms with Crippen molar-refractivity contribution in [2.24, 2.45) is 0 Å². The highest BCUT2D eigenvalue weighted by molar-refractivity contribution is 5.82. The van der Waals surface area contributed by atoms with Crippen LogP contribution in [0.1, 0.15) is 18.4 Å². The highest BCUT2D eigenvalue weighted by atomic mass is 16.5. The van der Waals surface area contributed by atoms with E-state index in [0.29, 0.717) is 17.1 Å². The molecular formula is C16H21NO6. The number of ether oxygens (including phenoxy) is 2. The lowest BCUT2D eigenvalue weighted by atomic mass is 9.91. The number of methoxy groups -OCH3 is 2. The zero-order valence-corrected chi connectivity index (χ0v) is 13.2. The molecule has 0 bridgehead atoms. The van der Waals surface area contributed by atoms with E-state index in [9.17, 15) is 14.7 Å². The monoisotopic (exact) mass is 323 g/mol. The first-order valence-corrected chi connectivity index (χ1v) is 7.34. The number of benzene rings is 1. The van der Waals surface area contributed by atoms with Crippen molar-refractivity contribution in [3.8, 4) is 11.5 Å². The van der Waals surface area contributed by atoms with Crippen LogP contribution in [0, 0.1) is 0 Å². The Bertz CT molecular complexity index is 570. The number of carboxylic acids is 1. The van der Waals surface area contributed by atoms with E-state index in [1.165, 1.54) is 14.2 Å². The van der Waals surface area contributed by atoms with Gasteiger partial charge in [-0.25, -0.2) is 4.79 Å². The summed E-state index contributed by atoms with van der Waals surface area (Å²) in [7, 11) is 3.05. The van der Waals surface area contributed by atoms with Crippen LogP contribution in [-0.4, -0.2) is 59.9 Å². The summed E-state index contributed by atoms with van der Waals surface area (Å²) in [6.45, 7) is 0.415. The van der Waals surface area contributed by atoms with E-state index in [-0.39, 0.29) is 38.3 Å².